The number of nitrogens with zero attached hydrogens (tertiary/aromatic N) is 2. The van der Waals surface area contributed by atoms with Crippen LogP contribution < -0.4 is 14.5 Å². The van der Waals surface area contributed by atoms with Gasteiger partial charge < -0.3 is 9.47 Å². The van der Waals surface area contributed by atoms with Crippen molar-refractivity contribution in [1.82, 2.24) is 0 Å². The highest BCUT2D eigenvalue weighted by Crippen LogP contribution is 2.38. The van der Waals surface area contributed by atoms with Crippen LogP contribution in [-0.4, -0.2) is 25.8 Å². The first-order valence-electron chi connectivity index (χ1n) is 7.74. The predicted octanol–water partition coefficient (Wildman–Crippen LogP) is 4.82. The number of hydrogen-bond acceptors (Lipinski definition) is 4. The maximum absolute atomic E-state index is 12.8. The van der Waals surface area contributed by atoms with Gasteiger partial charge in [-0.2, -0.15) is 10.1 Å². The summed E-state index contributed by atoms with van der Waals surface area (Å²) in [5.74, 6) is 0.694. The fourth-order valence-corrected chi connectivity index (χ4v) is 3.03. The Morgan fingerprint density at radius 1 is 1.04 bits per heavy atom. The van der Waals surface area contributed by atoms with Crippen LogP contribution in [0.3, 0.4) is 0 Å². The average molecular weight is 391 g/mol. The van der Waals surface area contributed by atoms with Crippen LogP contribution in [0, 0.1) is 0 Å². The molecule has 2 aromatic carbocycles. The number of methoxy groups -OCH3 is 2. The zero-order chi connectivity index (χ0) is 18.8. The van der Waals surface area contributed by atoms with Gasteiger partial charge in [0.05, 0.1) is 36.2 Å². The fraction of sp³-hybridized carbons (Fsp3) is 0.158. The zero-order valence-electron chi connectivity index (χ0n) is 14.4. The van der Waals surface area contributed by atoms with Crippen LogP contribution in [0.1, 0.15) is 12.5 Å². The first-order chi connectivity index (χ1) is 12.5. The highest BCUT2D eigenvalue weighted by Gasteiger charge is 2.29. The number of carbonyl (C=O) groups is 1. The van der Waals surface area contributed by atoms with Crippen molar-refractivity contribution in [1.29, 1.82) is 0 Å². The van der Waals surface area contributed by atoms with E-state index in [9.17, 15) is 4.79 Å². The van der Waals surface area contributed by atoms with Gasteiger partial charge in [-0.3, -0.25) is 4.79 Å². The third-order valence-corrected chi connectivity index (χ3v) is 4.59. The van der Waals surface area contributed by atoms with Crippen molar-refractivity contribution in [3.05, 3.63) is 57.6 Å². The van der Waals surface area contributed by atoms with Gasteiger partial charge in [0, 0.05) is 5.02 Å². The van der Waals surface area contributed by atoms with Crippen molar-refractivity contribution in [2.75, 3.05) is 19.2 Å². The normalized spacial score (nSPS) is 15.4. The van der Waals surface area contributed by atoms with Gasteiger partial charge in [-0.05, 0) is 55.0 Å². The Labute approximate surface area is 161 Å². The van der Waals surface area contributed by atoms with E-state index >= 15 is 0 Å². The number of halogens is 2. The van der Waals surface area contributed by atoms with E-state index in [1.807, 2.05) is 0 Å². The summed E-state index contributed by atoms with van der Waals surface area (Å²) in [6.45, 7) is 1.77. The highest BCUT2D eigenvalue weighted by atomic mass is 35.5. The lowest BCUT2D eigenvalue weighted by Crippen LogP contribution is -2.21. The number of carbonyl (C=O) groups excluding carboxylic acids is 1. The molecule has 1 aliphatic heterocycles. The molecule has 134 valence electrons. The van der Waals surface area contributed by atoms with Crippen molar-refractivity contribution < 1.29 is 14.3 Å². The molecule has 2 aromatic rings. The number of rotatable bonds is 4. The molecule has 26 heavy (non-hydrogen) atoms. The molecule has 0 bridgehead atoms. The molecule has 0 N–H and O–H groups in total. The molecule has 1 heterocycles. The van der Waals surface area contributed by atoms with E-state index in [0.29, 0.717) is 44.1 Å². The van der Waals surface area contributed by atoms with E-state index in [1.165, 1.54) is 19.2 Å². The molecule has 1 amide bonds. The fourth-order valence-electron chi connectivity index (χ4n) is 2.61. The molecule has 0 fully saturated rings. The van der Waals surface area contributed by atoms with E-state index < -0.39 is 0 Å². The summed E-state index contributed by atoms with van der Waals surface area (Å²) in [5, 5.41) is 6.64. The monoisotopic (exact) mass is 390 g/mol. The van der Waals surface area contributed by atoms with Crippen LogP contribution >= 0.6 is 23.2 Å². The summed E-state index contributed by atoms with van der Waals surface area (Å²) in [7, 11) is 3.05. The van der Waals surface area contributed by atoms with Crippen LogP contribution in [0.4, 0.5) is 5.69 Å². The minimum atomic E-state index is -0.240. The Morgan fingerprint density at radius 3 is 2.35 bits per heavy atom. The summed E-state index contributed by atoms with van der Waals surface area (Å²) in [6.07, 6.45) is 1.70. The van der Waals surface area contributed by atoms with Gasteiger partial charge in [-0.1, -0.05) is 23.2 Å². The molecule has 0 atom stereocenters. The number of amides is 1. The number of benzene rings is 2. The lowest BCUT2D eigenvalue weighted by molar-refractivity contribution is -0.114. The van der Waals surface area contributed by atoms with Crippen LogP contribution in [0.2, 0.25) is 10.0 Å². The number of ether oxygens (including phenoxy) is 2. The van der Waals surface area contributed by atoms with Crippen LogP contribution in [0.15, 0.2) is 47.1 Å². The maximum Gasteiger partial charge on any atom is 0.280 e. The van der Waals surface area contributed by atoms with Crippen molar-refractivity contribution in [3.63, 3.8) is 0 Å². The number of hydrogen-bond donors (Lipinski definition) is 0. The first-order valence-corrected chi connectivity index (χ1v) is 8.49. The molecule has 0 aromatic heterocycles. The zero-order valence-corrected chi connectivity index (χ0v) is 15.9. The van der Waals surface area contributed by atoms with E-state index in [1.54, 1.807) is 49.4 Å². The summed E-state index contributed by atoms with van der Waals surface area (Å²) >= 11 is 12.3. The minimum absolute atomic E-state index is 0.240. The Kier molecular flexibility index (Phi) is 5.20. The van der Waals surface area contributed by atoms with Gasteiger partial charge in [-0.15, -0.1) is 0 Å². The molecular weight excluding hydrogens is 375 g/mol. The summed E-state index contributed by atoms with van der Waals surface area (Å²) in [6, 6.07) is 10.4. The Bertz CT molecular complexity index is 921. The van der Waals surface area contributed by atoms with E-state index in [0.717, 1.165) is 0 Å². The quantitative estimate of drug-likeness (QED) is 0.703. The van der Waals surface area contributed by atoms with E-state index in [-0.39, 0.29) is 5.91 Å². The van der Waals surface area contributed by atoms with Crippen molar-refractivity contribution in [2.24, 2.45) is 5.10 Å². The van der Waals surface area contributed by atoms with Crippen LogP contribution in [-0.2, 0) is 4.79 Å². The van der Waals surface area contributed by atoms with Crippen LogP contribution in [0.25, 0.3) is 6.08 Å². The topological polar surface area (TPSA) is 51.1 Å². The highest BCUT2D eigenvalue weighted by molar-refractivity contribution is 6.36. The van der Waals surface area contributed by atoms with Crippen molar-refractivity contribution in [3.8, 4) is 11.5 Å². The van der Waals surface area contributed by atoms with E-state index in [4.69, 9.17) is 32.7 Å². The Balaban J connectivity index is 1.99. The Hall–Kier alpha value is -2.50. The van der Waals surface area contributed by atoms with E-state index in [2.05, 4.69) is 5.10 Å². The van der Waals surface area contributed by atoms with Gasteiger partial charge in [-0.25, -0.2) is 0 Å². The second-order valence-electron chi connectivity index (χ2n) is 5.54. The molecule has 0 unspecified atom stereocenters. The molecule has 0 saturated carbocycles. The van der Waals surface area contributed by atoms with Gasteiger partial charge in [0.1, 0.15) is 0 Å². The van der Waals surface area contributed by atoms with Gasteiger partial charge in [0.25, 0.3) is 5.91 Å². The van der Waals surface area contributed by atoms with Gasteiger partial charge in [0.15, 0.2) is 11.5 Å². The smallest absolute Gasteiger partial charge is 0.280 e. The standard InChI is InChI=1S/C19H16Cl2N2O3/c1-11-15(10-12-4-9-16(25-2)18(26-3)17(12)21)19(24)23(22-11)14-7-5-13(20)6-8-14/h4-10H,1-3H3/b15-10+. The molecule has 7 heteroatoms. The number of anilines is 1. The molecule has 0 saturated heterocycles. The summed E-state index contributed by atoms with van der Waals surface area (Å²) in [5.41, 5.74) is 2.32. The minimum Gasteiger partial charge on any atom is -0.493 e. The molecule has 3 rings (SSSR count). The predicted molar refractivity (Wildman–Crippen MR) is 105 cm³/mol. The van der Waals surface area contributed by atoms with Crippen molar-refractivity contribution >= 4 is 46.6 Å². The second kappa shape index (κ2) is 7.40. The molecular formula is C19H16Cl2N2O3. The summed E-state index contributed by atoms with van der Waals surface area (Å²) < 4.78 is 10.5. The Morgan fingerprint density at radius 2 is 1.73 bits per heavy atom. The number of hydrazone groups is 1. The molecule has 1 aliphatic rings. The largest absolute Gasteiger partial charge is 0.493 e. The maximum atomic E-state index is 12.8. The van der Waals surface area contributed by atoms with Gasteiger partial charge >= 0.3 is 0 Å². The average Bonchev–Trinajstić information content (AvgIpc) is 2.91. The molecule has 0 radical (unpaired) electrons. The SMILES string of the molecule is COc1ccc(/C=C2/C(=O)N(c3ccc(Cl)cc3)N=C2C)c(Cl)c1OC. The molecule has 5 nitrogen and oxygen atoms in total. The van der Waals surface area contributed by atoms with Crippen LogP contribution in [0.5, 0.6) is 11.5 Å². The second-order valence-corrected chi connectivity index (χ2v) is 6.36. The summed E-state index contributed by atoms with van der Waals surface area (Å²) in [4.78, 5) is 12.8. The third kappa shape index (κ3) is 3.28. The lowest BCUT2D eigenvalue weighted by Gasteiger charge is -2.12. The van der Waals surface area contributed by atoms with Gasteiger partial charge in [0.2, 0.25) is 0 Å². The molecule has 0 aliphatic carbocycles. The van der Waals surface area contributed by atoms with Crippen molar-refractivity contribution in [2.45, 2.75) is 6.92 Å². The molecule has 0 spiro atoms. The first kappa shape index (κ1) is 18.3. The third-order valence-electron chi connectivity index (χ3n) is 3.95. The lowest BCUT2D eigenvalue weighted by atomic mass is 10.1.